The molecule has 0 amide bonds. The van der Waals surface area contributed by atoms with Crippen LogP contribution >= 0.6 is 11.3 Å². The van der Waals surface area contributed by atoms with Gasteiger partial charge in [-0.3, -0.25) is 4.79 Å². The van der Waals surface area contributed by atoms with E-state index in [0.717, 1.165) is 10.1 Å². The molecule has 0 radical (unpaired) electrons. The van der Waals surface area contributed by atoms with Crippen molar-refractivity contribution < 1.29 is 23.8 Å². The first-order valence-electron chi connectivity index (χ1n) is 6.41. The van der Waals surface area contributed by atoms with Crippen LogP contribution in [0.2, 0.25) is 0 Å². The minimum Gasteiger partial charge on any atom is -0.490 e. The van der Waals surface area contributed by atoms with Gasteiger partial charge in [0.15, 0.2) is 0 Å². The third-order valence-electron chi connectivity index (χ3n) is 2.58. The number of esters is 2. The van der Waals surface area contributed by atoms with Crippen LogP contribution in [0, 0.1) is 0 Å². The Hall–Kier alpha value is -2.08. The number of ether oxygens (including phenoxy) is 3. The molecule has 6 heteroatoms. The van der Waals surface area contributed by atoms with Crippen molar-refractivity contribution in [2.24, 2.45) is 0 Å². The number of hydrogen-bond acceptors (Lipinski definition) is 6. The molecule has 0 aliphatic rings. The van der Waals surface area contributed by atoms with Gasteiger partial charge in [-0.2, -0.15) is 0 Å². The second-order valence-electron chi connectivity index (χ2n) is 4.70. The van der Waals surface area contributed by atoms with Crippen molar-refractivity contribution in [2.75, 3.05) is 7.11 Å². The van der Waals surface area contributed by atoms with Gasteiger partial charge in [-0.25, -0.2) is 4.79 Å². The SMILES string of the molecule is COC(=O)c1cc2c(OC(C)C)cc(OC(C)=O)cc2s1. The largest absolute Gasteiger partial charge is 0.490 e. The van der Waals surface area contributed by atoms with E-state index in [1.165, 1.54) is 25.4 Å². The van der Waals surface area contributed by atoms with Gasteiger partial charge in [0, 0.05) is 23.1 Å². The number of fused-ring (bicyclic) bond motifs is 1. The topological polar surface area (TPSA) is 61.8 Å². The van der Waals surface area contributed by atoms with Gasteiger partial charge >= 0.3 is 11.9 Å². The minimum absolute atomic E-state index is 0.0396. The van der Waals surface area contributed by atoms with Crippen LogP contribution in [-0.4, -0.2) is 25.2 Å². The Bertz CT molecular complexity index is 687. The van der Waals surface area contributed by atoms with Crippen LogP contribution in [0.5, 0.6) is 11.5 Å². The van der Waals surface area contributed by atoms with Crippen molar-refractivity contribution in [1.29, 1.82) is 0 Å². The first kappa shape index (κ1) is 15.3. The molecule has 21 heavy (non-hydrogen) atoms. The second-order valence-corrected chi connectivity index (χ2v) is 5.78. The lowest BCUT2D eigenvalue weighted by Crippen LogP contribution is -2.06. The van der Waals surface area contributed by atoms with E-state index >= 15 is 0 Å². The molecule has 0 unspecified atom stereocenters. The molecule has 0 saturated heterocycles. The molecule has 0 saturated carbocycles. The molecule has 1 heterocycles. The maximum atomic E-state index is 11.6. The smallest absolute Gasteiger partial charge is 0.348 e. The minimum atomic E-state index is -0.408. The first-order chi connectivity index (χ1) is 9.90. The van der Waals surface area contributed by atoms with Crippen LogP contribution in [0.3, 0.4) is 0 Å². The normalized spacial score (nSPS) is 10.7. The van der Waals surface area contributed by atoms with Crippen LogP contribution in [0.25, 0.3) is 10.1 Å². The van der Waals surface area contributed by atoms with Gasteiger partial charge in [-0.15, -0.1) is 11.3 Å². The summed E-state index contributed by atoms with van der Waals surface area (Å²) < 4.78 is 16.4. The van der Waals surface area contributed by atoms with E-state index in [2.05, 4.69) is 0 Å². The molecular formula is C15H16O5S. The van der Waals surface area contributed by atoms with Crippen LogP contribution in [0.15, 0.2) is 18.2 Å². The molecule has 0 atom stereocenters. The molecule has 2 aromatic rings. The zero-order valence-electron chi connectivity index (χ0n) is 12.3. The molecule has 0 aliphatic heterocycles. The lowest BCUT2D eigenvalue weighted by molar-refractivity contribution is -0.131. The summed E-state index contributed by atoms with van der Waals surface area (Å²) in [6.45, 7) is 5.14. The maximum Gasteiger partial charge on any atom is 0.348 e. The molecular weight excluding hydrogens is 292 g/mol. The first-order valence-corrected chi connectivity index (χ1v) is 7.23. The third kappa shape index (κ3) is 3.52. The maximum absolute atomic E-state index is 11.6. The molecule has 0 fully saturated rings. The van der Waals surface area contributed by atoms with Gasteiger partial charge in [0.1, 0.15) is 16.4 Å². The number of carbonyl (C=O) groups is 2. The van der Waals surface area contributed by atoms with Crippen molar-refractivity contribution in [3.05, 3.63) is 23.1 Å². The highest BCUT2D eigenvalue weighted by Gasteiger charge is 2.16. The van der Waals surface area contributed by atoms with E-state index in [0.29, 0.717) is 16.4 Å². The summed E-state index contributed by atoms with van der Waals surface area (Å²) in [6.07, 6.45) is -0.0396. The Morgan fingerprint density at radius 3 is 2.48 bits per heavy atom. The van der Waals surface area contributed by atoms with Gasteiger partial charge in [0.2, 0.25) is 0 Å². The highest BCUT2D eigenvalue weighted by molar-refractivity contribution is 7.20. The number of hydrogen-bond donors (Lipinski definition) is 0. The summed E-state index contributed by atoms with van der Waals surface area (Å²) in [6, 6.07) is 5.08. The van der Waals surface area contributed by atoms with Crippen LogP contribution in [-0.2, 0) is 9.53 Å². The fourth-order valence-corrected chi connectivity index (χ4v) is 2.89. The third-order valence-corrected chi connectivity index (χ3v) is 3.65. The average molecular weight is 308 g/mol. The summed E-state index contributed by atoms with van der Waals surface area (Å²) in [5.74, 6) is 0.157. The second kappa shape index (κ2) is 6.13. The summed E-state index contributed by atoms with van der Waals surface area (Å²) >= 11 is 1.27. The Kier molecular flexibility index (Phi) is 4.47. The van der Waals surface area contributed by atoms with E-state index in [4.69, 9.17) is 14.2 Å². The molecule has 1 aromatic heterocycles. The molecule has 0 N–H and O–H groups in total. The quantitative estimate of drug-likeness (QED) is 0.640. The Morgan fingerprint density at radius 2 is 1.90 bits per heavy atom. The Balaban J connectivity index is 2.55. The molecule has 112 valence electrons. The molecule has 5 nitrogen and oxygen atoms in total. The van der Waals surface area contributed by atoms with E-state index in [9.17, 15) is 9.59 Å². The van der Waals surface area contributed by atoms with Crippen LogP contribution in [0.1, 0.15) is 30.4 Å². The van der Waals surface area contributed by atoms with Crippen molar-refractivity contribution in [3.63, 3.8) is 0 Å². The Labute approximate surface area is 126 Å². The highest BCUT2D eigenvalue weighted by Crippen LogP contribution is 2.37. The highest BCUT2D eigenvalue weighted by atomic mass is 32.1. The van der Waals surface area contributed by atoms with Crippen LogP contribution < -0.4 is 9.47 Å². The number of rotatable bonds is 4. The lowest BCUT2D eigenvalue weighted by Gasteiger charge is -2.12. The summed E-state index contributed by atoms with van der Waals surface area (Å²) in [4.78, 5) is 23.2. The van der Waals surface area contributed by atoms with Crippen molar-refractivity contribution >= 4 is 33.4 Å². The monoisotopic (exact) mass is 308 g/mol. The number of thiophene rings is 1. The summed E-state index contributed by atoms with van der Waals surface area (Å²) in [7, 11) is 1.34. The van der Waals surface area contributed by atoms with Crippen molar-refractivity contribution in [1.82, 2.24) is 0 Å². The predicted molar refractivity (Wildman–Crippen MR) is 80.2 cm³/mol. The van der Waals surface area contributed by atoms with Gasteiger partial charge in [0.25, 0.3) is 0 Å². The van der Waals surface area contributed by atoms with E-state index in [1.807, 2.05) is 13.8 Å². The van der Waals surface area contributed by atoms with Crippen molar-refractivity contribution in [2.45, 2.75) is 26.9 Å². The molecule has 0 bridgehead atoms. The molecule has 2 rings (SSSR count). The van der Waals surface area contributed by atoms with Crippen LogP contribution in [0.4, 0.5) is 0 Å². The van der Waals surface area contributed by atoms with Gasteiger partial charge in [-0.1, -0.05) is 0 Å². The molecule has 0 spiro atoms. The zero-order chi connectivity index (χ0) is 15.6. The standard InChI is InChI=1S/C15H16O5S/c1-8(2)19-12-5-10(20-9(3)16)6-13-11(12)7-14(21-13)15(17)18-4/h5-8H,1-4H3. The van der Waals surface area contributed by atoms with E-state index in [1.54, 1.807) is 18.2 Å². The summed E-state index contributed by atoms with van der Waals surface area (Å²) in [5.41, 5.74) is 0. The average Bonchev–Trinajstić information content (AvgIpc) is 2.80. The number of methoxy groups -OCH3 is 1. The fourth-order valence-electron chi connectivity index (χ4n) is 1.86. The molecule has 1 aromatic carbocycles. The van der Waals surface area contributed by atoms with Crippen molar-refractivity contribution in [3.8, 4) is 11.5 Å². The van der Waals surface area contributed by atoms with Gasteiger partial charge < -0.3 is 14.2 Å². The predicted octanol–water partition coefficient (Wildman–Crippen LogP) is 3.40. The van der Waals surface area contributed by atoms with Gasteiger partial charge in [0.05, 0.1) is 13.2 Å². The van der Waals surface area contributed by atoms with E-state index in [-0.39, 0.29) is 6.10 Å². The molecule has 0 aliphatic carbocycles. The zero-order valence-corrected chi connectivity index (χ0v) is 13.1. The number of benzene rings is 1. The lowest BCUT2D eigenvalue weighted by atomic mass is 10.2. The van der Waals surface area contributed by atoms with E-state index < -0.39 is 11.9 Å². The Morgan fingerprint density at radius 1 is 1.19 bits per heavy atom. The summed E-state index contributed by atoms with van der Waals surface area (Å²) in [5, 5.41) is 0.796. The number of carbonyl (C=O) groups excluding carboxylic acids is 2. The van der Waals surface area contributed by atoms with Gasteiger partial charge in [-0.05, 0) is 26.0 Å². The fraction of sp³-hybridized carbons (Fsp3) is 0.333.